The Morgan fingerprint density at radius 3 is 2.65 bits per heavy atom. The molecule has 2 aromatic carbocycles. The number of piperazine rings is 1. The van der Waals surface area contributed by atoms with Crippen LogP contribution in [0.5, 0.6) is 0 Å². The molecule has 4 rings (SSSR count). The number of carbonyl (C=O) groups is 1. The summed E-state index contributed by atoms with van der Waals surface area (Å²) in [6.45, 7) is 10.0. The summed E-state index contributed by atoms with van der Waals surface area (Å²) < 4.78 is 21.5. The van der Waals surface area contributed by atoms with Gasteiger partial charge in [-0.3, -0.25) is 0 Å². The summed E-state index contributed by atoms with van der Waals surface area (Å²) >= 11 is 0. The van der Waals surface area contributed by atoms with Crippen LogP contribution in [0.25, 0.3) is 11.0 Å². The fourth-order valence-corrected chi connectivity index (χ4v) is 4.01. The molecule has 6 nitrogen and oxygen atoms in total. The Hall–Kier alpha value is -3.09. The van der Waals surface area contributed by atoms with Crippen molar-refractivity contribution in [2.24, 2.45) is 0 Å². The van der Waals surface area contributed by atoms with E-state index < -0.39 is 5.60 Å². The molecule has 0 radical (unpaired) electrons. The van der Waals surface area contributed by atoms with Gasteiger partial charge in [-0.2, -0.15) is 0 Å². The second-order valence-corrected chi connectivity index (χ2v) is 9.09. The van der Waals surface area contributed by atoms with E-state index >= 15 is 0 Å². The number of rotatable bonds is 3. The van der Waals surface area contributed by atoms with Crippen LogP contribution in [0.4, 0.5) is 15.1 Å². The quantitative estimate of drug-likeness (QED) is 0.613. The Balaban J connectivity index is 1.61. The molecule has 7 heteroatoms. The summed E-state index contributed by atoms with van der Waals surface area (Å²) in [5, 5.41) is 0. The third-order valence-corrected chi connectivity index (χ3v) is 5.40. The molecule has 0 bridgehead atoms. The average Bonchev–Trinajstić information content (AvgIpc) is 3.05. The largest absolute Gasteiger partial charge is 0.444 e. The molecule has 0 saturated carbocycles. The predicted molar refractivity (Wildman–Crippen MR) is 120 cm³/mol. The summed E-state index contributed by atoms with van der Waals surface area (Å²) in [5.74, 6) is 0.587. The zero-order valence-electron chi connectivity index (χ0n) is 18.5. The van der Waals surface area contributed by atoms with E-state index in [0.717, 1.165) is 22.5 Å². The van der Waals surface area contributed by atoms with Crippen molar-refractivity contribution in [3.8, 4) is 0 Å². The van der Waals surface area contributed by atoms with E-state index in [4.69, 9.17) is 9.72 Å². The summed E-state index contributed by atoms with van der Waals surface area (Å²) in [4.78, 5) is 21.4. The number of aromatic nitrogens is 2. The molecule has 1 saturated heterocycles. The molecule has 3 aromatic rings. The van der Waals surface area contributed by atoms with E-state index in [2.05, 4.69) is 9.47 Å². The number of ether oxygens (including phenoxy) is 1. The maximum absolute atomic E-state index is 13.8. The van der Waals surface area contributed by atoms with Crippen LogP contribution in [0.1, 0.15) is 33.3 Å². The molecule has 31 heavy (non-hydrogen) atoms. The lowest BCUT2D eigenvalue weighted by atomic mass is 10.2. The lowest BCUT2D eigenvalue weighted by Gasteiger charge is -2.40. The minimum absolute atomic E-state index is 0.0222. The second kappa shape index (κ2) is 8.21. The third-order valence-electron chi connectivity index (χ3n) is 5.40. The lowest BCUT2D eigenvalue weighted by Crippen LogP contribution is -2.55. The van der Waals surface area contributed by atoms with Crippen molar-refractivity contribution in [1.29, 1.82) is 0 Å². The topological polar surface area (TPSA) is 50.6 Å². The molecule has 1 aliphatic rings. The summed E-state index contributed by atoms with van der Waals surface area (Å²) in [6, 6.07) is 14.6. The number of benzene rings is 2. The van der Waals surface area contributed by atoms with Crippen molar-refractivity contribution in [2.45, 2.75) is 45.9 Å². The smallest absolute Gasteiger partial charge is 0.410 e. The summed E-state index contributed by atoms with van der Waals surface area (Å²) in [5.41, 5.74) is 2.26. The van der Waals surface area contributed by atoms with Crippen molar-refractivity contribution >= 4 is 23.1 Å². The Kier molecular flexibility index (Phi) is 5.60. The minimum atomic E-state index is -0.521. The first kappa shape index (κ1) is 21.2. The minimum Gasteiger partial charge on any atom is -0.444 e. The van der Waals surface area contributed by atoms with Gasteiger partial charge in [0.25, 0.3) is 0 Å². The molecule has 0 unspecified atom stereocenters. The molecule has 0 N–H and O–H groups in total. The zero-order chi connectivity index (χ0) is 22.2. The average molecular weight is 425 g/mol. The third kappa shape index (κ3) is 4.65. The molecule has 1 aromatic heterocycles. The van der Waals surface area contributed by atoms with Crippen LogP contribution < -0.4 is 4.90 Å². The standard InChI is InChI=1S/C24H29FN4O2/c1-17-15-27(12-13-28(17)23(30)31-24(2,3)4)22-26-20-10-5-6-11-21(20)29(22)16-18-8-7-9-19(25)14-18/h5-11,14,17H,12-13,15-16H2,1-4H3/t17-/m0/s1. The highest BCUT2D eigenvalue weighted by molar-refractivity contribution is 5.79. The van der Waals surface area contributed by atoms with Crippen molar-refractivity contribution < 1.29 is 13.9 Å². The fraction of sp³-hybridized carbons (Fsp3) is 0.417. The van der Waals surface area contributed by atoms with Gasteiger partial charge in [0, 0.05) is 25.7 Å². The zero-order valence-corrected chi connectivity index (χ0v) is 18.5. The highest BCUT2D eigenvalue weighted by atomic mass is 19.1. The molecule has 1 fully saturated rings. The van der Waals surface area contributed by atoms with E-state index in [0.29, 0.717) is 26.2 Å². The van der Waals surface area contributed by atoms with Gasteiger partial charge in [-0.05, 0) is 57.5 Å². The van der Waals surface area contributed by atoms with E-state index in [1.807, 2.05) is 58.0 Å². The highest BCUT2D eigenvalue weighted by Crippen LogP contribution is 2.27. The Labute approximate surface area is 182 Å². The van der Waals surface area contributed by atoms with Crippen LogP contribution in [0, 0.1) is 5.82 Å². The number of hydrogen-bond donors (Lipinski definition) is 0. The highest BCUT2D eigenvalue weighted by Gasteiger charge is 2.32. The van der Waals surface area contributed by atoms with Gasteiger partial charge in [-0.15, -0.1) is 0 Å². The maximum Gasteiger partial charge on any atom is 0.410 e. The van der Waals surface area contributed by atoms with E-state index in [-0.39, 0.29) is 18.0 Å². The van der Waals surface area contributed by atoms with Crippen LogP contribution in [0.2, 0.25) is 0 Å². The predicted octanol–water partition coefficient (Wildman–Crippen LogP) is 4.67. The molecule has 1 atom stereocenters. The number of hydrogen-bond acceptors (Lipinski definition) is 4. The molecule has 1 aliphatic heterocycles. The van der Waals surface area contributed by atoms with E-state index in [1.54, 1.807) is 17.0 Å². The van der Waals surface area contributed by atoms with Gasteiger partial charge in [-0.1, -0.05) is 24.3 Å². The van der Waals surface area contributed by atoms with Gasteiger partial charge in [-0.25, -0.2) is 14.2 Å². The normalized spacial score (nSPS) is 17.3. The van der Waals surface area contributed by atoms with Crippen LogP contribution >= 0.6 is 0 Å². The number of halogens is 1. The monoisotopic (exact) mass is 424 g/mol. The van der Waals surface area contributed by atoms with Gasteiger partial charge < -0.3 is 19.1 Å². The summed E-state index contributed by atoms with van der Waals surface area (Å²) in [6.07, 6.45) is -0.284. The fourth-order valence-electron chi connectivity index (χ4n) is 4.01. The van der Waals surface area contributed by atoms with Crippen molar-refractivity contribution in [2.75, 3.05) is 24.5 Å². The number of para-hydroxylation sites is 2. The van der Waals surface area contributed by atoms with Crippen LogP contribution in [-0.2, 0) is 11.3 Å². The number of anilines is 1. The summed E-state index contributed by atoms with van der Waals surface area (Å²) in [7, 11) is 0. The first-order valence-electron chi connectivity index (χ1n) is 10.7. The van der Waals surface area contributed by atoms with Gasteiger partial charge in [0.2, 0.25) is 5.95 Å². The molecule has 164 valence electrons. The molecule has 1 amide bonds. The second-order valence-electron chi connectivity index (χ2n) is 9.09. The van der Waals surface area contributed by atoms with Gasteiger partial charge in [0.05, 0.1) is 17.6 Å². The number of amides is 1. The Morgan fingerprint density at radius 1 is 1.16 bits per heavy atom. The molecule has 0 aliphatic carbocycles. The van der Waals surface area contributed by atoms with Gasteiger partial charge in [0.1, 0.15) is 11.4 Å². The number of carbonyl (C=O) groups excluding carboxylic acids is 1. The number of fused-ring (bicyclic) bond motifs is 1. The molecule has 2 heterocycles. The van der Waals surface area contributed by atoms with Gasteiger partial charge >= 0.3 is 6.09 Å². The molecular weight excluding hydrogens is 395 g/mol. The van der Waals surface area contributed by atoms with Gasteiger partial charge in [0.15, 0.2) is 0 Å². The van der Waals surface area contributed by atoms with Crippen LogP contribution in [0.3, 0.4) is 0 Å². The first-order valence-corrected chi connectivity index (χ1v) is 10.7. The van der Waals surface area contributed by atoms with Crippen LogP contribution in [0.15, 0.2) is 48.5 Å². The number of nitrogens with zero attached hydrogens (tertiary/aromatic N) is 4. The molecule has 0 spiro atoms. The Bertz CT molecular complexity index is 1090. The first-order chi connectivity index (χ1) is 14.7. The maximum atomic E-state index is 13.8. The lowest BCUT2D eigenvalue weighted by molar-refractivity contribution is 0.0158. The SMILES string of the molecule is C[C@H]1CN(c2nc3ccccc3n2Cc2cccc(F)c2)CCN1C(=O)OC(C)(C)C. The van der Waals surface area contributed by atoms with Crippen LogP contribution in [-0.4, -0.2) is 51.8 Å². The molecular formula is C24H29FN4O2. The van der Waals surface area contributed by atoms with E-state index in [9.17, 15) is 9.18 Å². The Morgan fingerprint density at radius 2 is 1.94 bits per heavy atom. The van der Waals surface area contributed by atoms with E-state index in [1.165, 1.54) is 6.07 Å². The van der Waals surface area contributed by atoms with Crippen molar-refractivity contribution in [1.82, 2.24) is 14.5 Å². The number of imidazole rings is 1. The van der Waals surface area contributed by atoms with Crippen molar-refractivity contribution in [3.63, 3.8) is 0 Å². The van der Waals surface area contributed by atoms with Crippen molar-refractivity contribution in [3.05, 3.63) is 59.9 Å².